The van der Waals surface area contributed by atoms with Crippen LogP contribution in [-0.4, -0.2) is 55.7 Å². The molecule has 2 aliphatic heterocycles. The Hall–Kier alpha value is -4.12. The van der Waals surface area contributed by atoms with Crippen LogP contribution in [0.15, 0.2) is 72.8 Å². The van der Waals surface area contributed by atoms with Crippen molar-refractivity contribution in [2.75, 3.05) is 43.5 Å². The van der Waals surface area contributed by atoms with E-state index in [1.807, 2.05) is 86.6 Å². The Bertz CT molecular complexity index is 1420. The summed E-state index contributed by atoms with van der Waals surface area (Å²) in [5, 5.41) is 5.66. The summed E-state index contributed by atoms with van der Waals surface area (Å²) >= 11 is 0. The number of ether oxygens (including phenoxy) is 5. The fraction of sp³-hybridized carbons (Fsp3) is 0.429. The molecular formula is C35H43N3O7. The van der Waals surface area contributed by atoms with Crippen molar-refractivity contribution >= 4 is 23.5 Å². The summed E-state index contributed by atoms with van der Waals surface area (Å²) in [4.78, 5) is 26.4. The highest BCUT2D eigenvalue weighted by Gasteiger charge is 2.33. The van der Waals surface area contributed by atoms with Gasteiger partial charge in [-0.2, -0.15) is 0 Å². The summed E-state index contributed by atoms with van der Waals surface area (Å²) in [5.41, 5.74) is 4.36. The first-order chi connectivity index (χ1) is 21.8. The fourth-order valence-corrected chi connectivity index (χ4v) is 5.21. The molecule has 3 aromatic rings. The summed E-state index contributed by atoms with van der Waals surface area (Å²) in [6.07, 6.45) is 3.07. The summed E-state index contributed by atoms with van der Waals surface area (Å²) in [5.74, 6) is 0.177. The number of urea groups is 1. The van der Waals surface area contributed by atoms with Crippen LogP contribution >= 0.6 is 0 Å². The Morgan fingerprint density at radius 3 is 2.53 bits per heavy atom. The van der Waals surface area contributed by atoms with Gasteiger partial charge in [0.25, 0.3) is 0 Å². The van der Waals surface area contributed by atoms with Gasteiger partial charge in [0.15, 0.2) is 0 Å². The van der Waals surface area contributed by atoms with E-state index in [0.717, 1.165) is 53.8 Å². The van der Waals surface area contributed by atoms with E-state index in [1.54, 1.807) is 4.90 Å². The Morgan fingerprint density at radius 1 is 0.889 bits per heavy atom. The van der Waals surface area contributed by atoms with Gasteiger partial charge in [0.1, 0.15) is 11.9 Å². The first-order valence-corrected chi connectivity index (χ1v) is 15.6. The van der Waals surface area contributed by atoms with Gasteiger partial charge in [-0.15, -0.1) is 0 Å². The van der Waals surface area contributed by atoms with Crippen LogP contribution in [0.4, 0.5) is 21.0 Å². The number of carbonyl (C=O) groups excluding carboxylic acids is 2. The molecular weight excluding hydrogens is 574 g/mol. The number of amides is 3. The summed E-state index contributed by atoms with van der Waals surface area (Å²) in [6, 6.07) is 22.6. The van der Waals surface area contributed by atoms with Crippen LogP contribution in [0.1, 0.15) is 62.3 Å². The van der Waals surface area contributed by atoms with Crippen molar-refractivity contribution in [1.29, 1.82) is 0 Å². The number of cyclic esters (lactones) is 1. The number of para-hydroxylation sites is 1. The number of anilines is 2. The zero-order valence-corrected chi connectivity index (χ0v) is 26.1. The minimum atomic E-state index is -0.636. The van der Waals surface area contributed by atoms with Crippen molar-refractivity contribution in [3.63, 3.8) is 0 Å². The summed E-state index contributed by atoms with van der Waals surface area (Å²) in [6.45, 7) is 7.84. The highest BCUT2D eigenvalue weighted by Crippen LogP contribution is 2.35. The Balaban J connectivity index is 0.886. The Morgan fingerprint density at radius 2 is 1.67 bits per heavy atom. The van der Waals surface area contributed by atoms with E-state index in [1.165, 1.54) is 0 Å². The van der Waals surface area contributed by atoms with Gasteiger partial charge in [-0.3, -0.25) is 0 Å². The van der Waals surface area contributed by atoms with Crippen LogP contribution in [-0.2, 0) is 32.2 Å². The van der Waals surface area contributed by atoms with Gasteiger partial charge < -0.3 is 39.2 Å². The second kappa shape index (κ2) is 15.7. The molecule has 1 atom stereocenters. The first-order valence-electron chi connectivity index (χ1n) is 15.6. The maximum atomic E-state index is 12.4. The smallest absolute Gasteiger partial charge is 0.410 e. The van der Waals surface area contributed by atoms with Gasteiger partial charge in [-0.1, -0.05) is 36.4 Å². The van der Waals surface area contributed by atoms with Crippen LogP contribution < -0.4 is 15.4 Å². The molecule has 0 unspecified atom stereocenters. The van der Waals surface area contributed by atoms with Crippen molar-refractivity contribution < 1.29 is 33.3 Å². The molecule has 240 valence electrons. The maximum absolute atomic E-state index is 12.4. The number of unbranched alkanes of at least 4 members (excludes halogenated alkanes) is 2. The van der Waals surface area contributed by atoms with E-state index in [-0.39, 0.29) is 18.2 Å². The van der Waals surface area contributed by atoms with Crippen LogP contribution in [0.2, 0.25) is 0 Å². The highest BCUT2D eigenvalue weighted by atomic mass is 16.7. The SMILES string of the molecule is CC1(C)OCc2cc([C@@H]3CN(CCCCCOCCCOCc4cccc(NC(=O)Nc5ccccc5)c4)C(=O)O3)ccc2O1. The average molecular weight is 618 g/mol. The number of rotatable bonds is 15. The van der Waals surface area contributed by atoms with Gasteiger partial charge in [0, 0.05) is 57.2 Å². The molecule has 2 heterocycles. The largest absolute Gasteiger partial charge is 0.463 e. The van der Waals surface area contributed by atoms with Crippen molar-refractivity contribution in [1.82, 2.24) is 4.90 Å². The van der Waals surface area contributed by atoms with Gasteiger partial charge >= 0.3 is 12.1 Å². The lowest BCUT2D eigenvalue weighted by Gasteiger charge is -2.32. The van der Waals surface area contributed by atoms with Gasteiger partial charge in [-0.05, 0) is 73.2 Å². The third-order valence-corrected chi connectivity index (χ3v) is 7.55. The van der Waals surface area contributed by atoms with Gasteiger partial charge in [0.2, 0.25) is 5.79 Å². The van der Waals surface area contributed by atoms with E-state index in [4.69, 9.17) is 23.7 Å². The Kier molecular flexibility index (Phi) is 11.3. The highest BCUT2D eigenvalue weighted by molar-refractivity contribution is 5.99. The molecule has 45 heavy (non-hydrogen) atoms. The predicted molar refractivity (Wildman–Crippen MR) is 171 cm³/mol. The third-order valence-electron chi connectivity index (χ3n) is 7.55. The zero-order valence-electron chi connectivity index (χ0n) is 26.1. The number of hydrogen-bond donors (Lipinski definition) is 2. The molecule has 0 aliphatic carbocycles. The molecule has 0 saturated carbocycles. The molecule has 1 saturated heterocycles. The van der Waals surface area contributed by atoms with Crippen molar-refractivity contribution in [2.45, 2.75) is 64.6 Å². The predicted octanol–water partition coefficient (Wildman–Crippen LogP) is 7.26. The standard InChI is InChI=1S/C35H43N3O7/c1-35(2)43-25-28-22-27(15-16-31(28)45-35)32-23-38(34(40)44-32)17-7-4-8-18-41-19-10-20-42-24-26-11-9-14-30(21-26)37-33(39)36-29-12-5-3-6-13-29/h3,5-6,9,11-16,21-22,32H,4,7-8,10,17-20,23-25H2,1-2H3,(H2,36,37,39)/t32-/m0/s1. The van der Waals surface area contributed by atoms with Crippen molar-refractivity contribution in [2.24, 2.45) is 0 Å². The molecule has 0 spiro atoms. The average Bonchev–Trinajstić information content (AvgIpc) is 3.39. The molecule has 3 aromatic carbocycles. The zero-order chi connectivity index (χ0) is 31.5. The minimum absolute atomic E-state index is 0.265. The van der Waals surface area contributed by atoms with E-state index >= 15 is 0 Å². The molecule has 5 rings (SSSR count). The number of fused-ring (bicyclic) bond motifs is 1. The van der Waals surface area contributed by atoms with Crippen molar-refractivity contribution in [3.05, 3.63) is 89.5 Å². The second-order valence-electron chi connectivity index (χ2n) is 11.7. The molecule has 3 amide bonds. The number of nitrogens with zero attached hydrogens (tertiary/aromatic N) is 1. The summed E-state index contributed by atoms with van der Waals surface area (Å²) < 4.78 is 28.8. The lowest BCUT2D eigenvalue weighted by Crippen LogP contribution is -2.35. The lowest BCUT2D eigenvalue weighted by atomic mass is 10.0. The molecule has 0 radical (unpaired) electrons. The molecule has 10 nitrogen and oxygen atoms in total. The van der Waals surface area contributed by atoms with E-state index in [0.29, 0.717) is 51.8 Å². The summed E-state index contributed by atoms with van der Waals surface area (Å²) in [7, 11) is 0. The molecule has 0 bridgehead atoms. The molecule has 10 heteroatoms. The monoisotopic (exact) mass is 617 g/mol. The van der Waals surface area contributed by atoms with Crippen molar-refractivity contribution in [3.8, 4) is 5.75 Å². The molecule has 1 fully saturated rings. The number of hydrogen-bond acceptors (Lipinski definition) is 7. The number of nitrogens with one attached hydrogen (secondary N) is 2. The topological polar surface area (TPSA) is 108 Å². The van der Waals surface area contributed by atoms with Crippen LogP contribution in [0.3, 0.4) is 0 Å². The normalized spacial score (nSPS) is 16.9. The molecule has 0 aromatic heterocycles. The molecule has 2 N–H and O–H groups in total. The minimum Gasteiger partial charge on any atom is -0.463 e. The van der Waals surface area contributed by atoms with E-state index < -0.39 is 5.79 Å². The van der Waals surface area contributed by atoms with E-state index in [9.17, 15) is 9.59 Å². The molecule has 2 aliphatic rings. The van der Waals surface area contributed by atoms with E-state index in [2.05, 4.69) is 10.6 Å². The number of benzene rings is 3. The maximum Gasteiger partial charge on any atom is 0.410 e. The second-order valence-corrected chi connectivity index (χ2v) is 11.7. The third kappa shape index (κ3) is 9.94. The van der Waals surface area contributed by atoms with Crippen LogP contribution in [0.5, 0.6) is 5.75 Å². The van der Waals surface area contributed by atoms with Gasteiger partial charge in [-0.25, -0.2) is 9.59 Å². The number of carbonyl (C=O) groups is 2. The first kappa shape index (κ1) is 32.3. The quantitative estimate of drug-likeness (QED) is 0.173. The Labute approximate surface area is 264 Å². The lowest BCUT2D eigenvalue weighted by molar-refractivity contribution is -0.180. The fourth-order valence-electron chi connectivity index (χ4n) is 5.21. The van der Waals surface area contributed by atoms with Crippen LogP contribution in [0.25, 0.3) is 0 Å². The van der Waals surface area contributed by atoms with Crippen LogP contribution in [0, 0.1) is 0 Å². The van der Waals surface area contributed by atoms with Gasteiger partial charge in [0.05, 0.1) is 19.8 Å².